The highest BCUT2D eigenvalue weighted by Gasteiger charge is 2.14. The van der Waals surface area contributed by atoms with E-state index in [4.69, 9.17) is 5.11 Å². The molecule has 0 aliphatic carbocycles. The van der Waals surface area contributed by atoms with Crippen LogP contribution in [0.25, 0.3) is 0 Å². The maximum absolute atomic E-state index is 11.6. The van der Waals surface area contributed by atoms with Gasteiger partial charge in [0.2, 0.25) is 5.91 Å². The van der Waals surface area contributed by atoms with E-state index in [1.165, 1.54) is 16.9 Å². The first-order valence-corrected chi connectivity index (χ1v) is 5.62. The molecule has 17 heavy (non-hydrogen) atoms. The van der Waals surface area contributed by atoms with Crippen molar-refractivity contribution in [3.63, 3.8) is 0 Å². The number of hydrogen-bond acceptors (Lipinski definition) is 3. The fraction of sp³-hybridized carbons (Fsp3) is 0.545. The minimum Gasteiger partial charge on any atom is -0.477 e. The van der Waals surface area contributed by atoms with Crippen LogP contribution in [0.3, 0.4) is 0 Å². The van der Waals surface area contributed by atoms with Gasteiger partial charge in [0.1, 0.15) is 12.2 Å². The Kier molecular flexibility index (Phi) is 4.68. The van der Waals surface area contributed by atoms with Gasteiger partial charge in [0.25, 0.3) is 0 Å². The highest BCUT2D eigenvalue weighted by Crippen LogP contribution is 2.00. The second-order valence-electron chi connectivity index (χ2n) is 3.76. The van der Waals surface area contributed by atoms with Crippen LogP contribution in [-0.2, 0) is 11.3 Å². The van der Waals surface area contributed by atoms with E-state index < -0.39 is 5.97 Å². The Labute approximate surface area is 99.6 Å². The monoisotopic (exact) mass is 239 g/mol. The molecule has 1 aromatic heterocycles. The number of carbonyl (C=O) groups is 2. The van der Waals surface area contributed by atoms with Crippen LogP contribution in [0.5, 0.6) is 0 Å². The standard InChI is InChI=1S/C11H17N3O3/c1-3-8(4-2)13-10(15)7-14-9(11(16)17)5-6-12-14/h5-6,8H,3-4,7H2,1-2H3,(H,13,15)(H,16,17). The highest BCUT2D eigenvalue weighted by atomic mass is 16.4. The number of carbonyl (C=O) groups excluding carboxylic acids is 1. The maximum Gasteiger partial charge on any atom is 0.354 e. The molecular weight excluding hydrogens is 222 g/mol. The lowest BCUT2D eigenvalue weighted by Crippen LogP contribution is -2.36. The summed E-state index contributed by atoms with van der Waals surface area (Å²) >= 11 is 0. The molecule has 6 heteroatoms. The summed E-state index contributed by atoms with van der Waals surface area (Å²) in [5.74, 6) is -1.30. The molecule has 0 saturated carbocycles. The van der Waals surface area contributed by atoms with Crippen LogP contribution in [0.4, 0.5) is 0 Å². The molecule has 0 spiro atoms. The number of nitrogens with one attached hydrogen (secondary N) is 1. The van der Waals surface area contributed by atoms with Gasteiger partial charge < -0.3 is 10.4 Å². The Balaban J connectivity index is 2.62. The lowest BCUT2D eigenvalue weighted by Gasteiger charge is -2.14. The van der Waals surface area contributed by atoms with Gasteiger partial charge in [-0.25, -0.2) is 9.48 Å². The summed E-state index contributed by atoms with van der Waals surface area (Å²) in [4.78, 5) is 22.5. The van der Waals surface area contributed by atoms with E-state index >= 15 is 0 Å². The molecule has 1 amide bonds. The van der Waals surface area contributed by atoms with E-state index in [9.17, 15) is 9.59 Å². The maximum atomic E-state index is 11.6. The third-order valence-electron chi connectivity index (χ3n) is 2.58. The van der Waals surface area contributed by atoms with E-state index in [-0.39, 0.29) is 24.2 Å². The van der Waals surface area contributed by atoms with Gasteiger partial charge in [-0.2, -0.15) is 5.10 Å². The minimum absolute atomic E-state index is 0.0182. The van der Waals surface area contributed by atoms with E-state index in [1.54, 1.807) is 0 Å². The SMILES string of the molecule is CCC(CC)NC(=O)Cn1nccc1C(=O)O. The van der Waals surface area contributed by atoms with E-state index in [2.05, 4.69) is 10.4 Å². The second kappa shape index (κ2) is 6.03. The van der Waals surface area contributed by atoms with Crippen molar-refractivity contribution in [1.29, 1.82) is 0 Å². The van der Waals surface area contributed by atoms with Crippen molar-refractivity contribution in [2.24, 2.45) is 0 Å². The van der Waals surface area contributed by atoms with E-state index in [0.717, 1.165) is 12.8 Å². The lowest BCUT2D eigenvalue weighted by molar-refractivity contribution is -0.122. The smallest absolute Gasteiger partial charge is 0.354 e. The molecule has 0 aliphatic rings. The van der Waals surface area contributed by atoms with Gasteiger partial charge in [-0.3, -0.25) is 4.79 Å². The van der Waals surface area contributed by atoms with Crippen LogP contribution < -0.4 is 5.32 Å². The van der Waals surface area contributed by atoms with Crippen molar-refractivity contribution < 1.29 is 14.7 Å². The van der Waals surface area contributed by atoms with Gasteiger partial charge in [0, 0.05) is 12.2 Å². The number of carboxylic acid groups (broad SMARTS) is 1. The normalized spacial score (nSPS) is 10.5. The summed E-state index contributed by atoms with van der Waals surface area (Å²) in [6, 6.07) is 1.50. The van der Waals surface area contributed by atoms with Crippen LogP contribution in [0.1, 0.15) is 37.2 Å². The van der Waals surface area contributed by atoms with Gasteiger partial charge in [-0.15, -0.1) is 0 Å². The molecule has 0 aliphatic heterocycles. The first-order chi connectivity index (χ1) is 8.08. The summed E-state index contributed by atoms with van der Waals surface area (Å²) in [5, 5.41) is 15.5. The highest BCUT2D eigenvalue weighted by molar-refractivity contribution is 5.86. The summed E-state index contributed by atoms with van der Waals surface area (Å²) < 4.78 is 1.18. The number of nitrogens with zero attached hydrogens (tertiary/aromatic N) is 2. The molecule has 0 unspecified atom stereocenters. The average molecular weight is 239 g/mol. The zero-order valence-corrected chi connectivity index (χ0v) is 10.0. The zero-order chi connectivity index (χ0) is 12.8. The Morgan fingerprint density at radius 2 is 2.12 bits per heavy atom. The van der Waals surface area contributed by atoms with Crippen LogP contribution in [0, 0.1) is 0 Å². The molecule has 0 aromatic carbocycles. The van der Waals surface area contributed by atoms with Crippen LogP contribution >= 0.6 is 0 Å². The fourth-order valence-electron chi connectivity index (χ4n) is 1.54. The molecule has 94 valence electrons. The molecule has 0 saturated heterocycles. The molecule has 0 bridgehead atoms. The lowest BCUT2D eigenvalue weighted by atomic mass is 10.2. The van der Waals surface area contributed by atoms with Crippen molar-refractivity contribution in [1.82, 2.24) is 15.1 Å². The molecular formula is C11H17N3O3. The number of carboxylic acids is 1. The number of rotatable bonds is 6. The summed E-state index contributed by atoms with van der Waals surface area (Å²) in [7, 11) is 0. The molecule has 6 nitrogen and oxygen atoms in total. The van der Waals surface area contributed by atoms with E-state index in [0.29, 0.717) is 0 Å². The molecule has 1 rings (SSSR count). The van der Waals surface area contributed by atoms with Crippen molar-refractivity contribution >= 4 is 11.9 Å². The third-order valence-corrected chi connectivity index (χ3v) is 2.58. The predicted octanol–water partition coefficient (Wildman–Crippen LogP) is 0.886. The quantitative estimate of drug-likeness (QED) is 0.772. The average Bonchev–Trinajstić information content (AvgIpc) is 2.74. The van der Waals surface area contributed by atoms with Gasteiger partial charge in [-0.1, -0.05) is 13.8 Å². The van der Waals surface area contributed by atoms with Crippen LogP contribution in [0.2, 0.25) is 0 Å². The van der Waals surface area contributed by atoms with Gasteiger partial charge in [0.05, 0.1) is 0 Å². The summed E-state index contributed by atoms with van der Waals surface area (Å²) in [5.41, 5.74) is 0.0182. The van der Waals surface area contributed by atoms with Crippen molar-refractivity contribution in [3.8, 4) is 0 Å². The summed E-state index contributed by atoms with van der Waals surface area (Å²) in [6.45, 7) is 3.92. The Bertz CT molecular complexity index is 396. The second-order valence-corrected chi connectivity index (χ2v) is 3.76. The third kappa shape index (κ3) is 3.58. The largest absolute Gasteiger partial charge is 0.477 e. The van der Waals surface area contributed by atoms with Crippen LogP contribution in [0.15, 0.2) is 12.3 Å². The molecule has 2 N–H and O–H groups in total. The Hall–Kier alpha value is -1.85. The summed E-state index contributed by atoms with van der Waals surface area (Å²) in [6.07, 6.45) is 3.08. The van der Waals surface area contributed by atoms with Crippen molar-refractivity contribution in [2.75, 3.05) is 0 Å². The molecule has 0 radical (unpaired) electrons. The van der Waals surface area contributed by atoms with Crippen molar-refractivity contribution in [2.45, 2.75) is 39.3 Å². The molecule has 1 heterocycles. The van der Waals surface area contributed by atoms with Crippen molar-refractivity contribution in [3.05, 3.63) is 18.0 Å². The Morgan fingerprint density at radius 3 is 2.65 bits per heavy atom. The number of aromatic nitrogens is 2. The number of aromatic carboxylic acids is 1. The van der Waals surface area contributed by atoms with Gasteiger partial charge in [0.15, 0.2) is 0 Å². The van der Waals surface area contributed by atoms with Gasteiger partial charge >= 0.3 is 5.97 Å². The van der Waals surface area contributed by atoms with Gasteiger partial charge in [-0.05, 0) is 18.9 Å². The predicted molar refractivity (Wildman–Crippen MR) is 61.7 cm³/mol. The number of amides is 1. The fourth-order valence-corrected chi connectivity index (χ4v) is 1.54. The molecule has 0 atom stereocenters. The Morgan fingerprint density at radius 1 is 1.47 bits per heavy atom. The molecule has 0 fully saturated rings. The minimum atomic E-state index is -1.09. The zero-order valence-electron chi connectivity index (χ0n) is 10.0. The number of hydrogen-bond donors (Lipinski definition) is 2. The van der Waals surface area contributed by atoms with Crippen LogP contribution in [-0.4, -0.2) is 32.8 Å². The molecule has 1 aromatic rings. The topological polar surface area (TPSA) is 84.2 Å². The first-order valence-electron chi connectivity index (χ1n) is 5.62. The van der Waals surface area contributed by atoms with E-state index in [1.807, 2.05) is 13.8 Å². The first kappa shape index (κ1) is 13.2.